The monoisotopic (exact) mass is 481 g/mol. The number of allylic oxidation sites excluding steroid dienone is 1. The summed E-state index contributed by atoms with van der Waals surface area (Å²) >= 11 is 2.63. The van der Waals surface area contributed by atoms with Crippen LogP contribution in [0.2, 0.25) is 0 Å². The molecule has 2 aromatic carbocycles. The van der Waals surface area contributed by atoms with Gasteiger partial charge in [0.05, 0.1) is 10.6 Å². The number of halogens is 2. The average molecular weight is 482 g/mol. The molecule has 2 unspecified atom stereocenters. The van der Waals surface area contributed by atoms with Crippen molar-refractivity contribution in [1.29, 1.82) is 0 Å². The molecule has 2 atom stereocenters. The summed E-state index contributed by atoms with van der Waals surface area (Å²) in [5.74, 6) is -0.714. The Balaban J connectivity index is 0.00000176. The van der Waals surface area contributed by atoms with Gasteiger partial charge in [-0.15, -0.1) is 11.8 Å². The lowest BCUT2D eigenvalue weighted by molar-refractivity contribution is -0.106. The minimum atomic E-state index is -1.06. The molecule has 1 aliphatic rings. The highest BCUT2D eigenvalue weighted by Crippen LogP contribution is 2.48. The standard InChI is InChI=1S/C23H25F2NO2S2.CH4O/c1-3-4-8-16-13-26(18-9-6-5-7-10-18)19-11-22(29-2)20(28-15-17(24)14-27)12-21(19)30-23(16)25;1-2/h5-7,9-12,14-16,23H,3-4,8,13H2,1-2H3;2H,1H3/b17-15-;. The number of alkyl halides is 1. The second-order valence-corrected chi connectivity index (χ2v) is 9.00. The van der Waals surface area contributed by atoms with Crippen LogP contribution in [0.4, 0.5) is 20.2 Å². The first kappa shape index (κ1) is 26.2. The third kappa shape index (κ3) is 6.73. The van der Waals surface area contributed by atoms with Crippen LogP contribution in [0.1, 0.15) is 26.2 Å². The van der Waals surface area contributed by atoms with E-state index in [4.69, 9.17) is 9.84 Å². The van der Waals surface area contributed by atoms with E-state index >= 15 is 4.39 Å². The van der Waals surface area contributed by atoms with Gasteiger partial charge < -0.3 is 14.7 Å². The fraction of sp³-hybridized carbons (Fsp3) is 0.375. The number of nitrogens with zero attached hydrogens (tertiary/aromatic N) is 1. The first-order valence-corrected chi connectivity index (χ1v) is 12.4. The van der Waals surface area contributed by atoms with Gasteiger partial charge in [-0.1, -0.05) is 49.7 Å². The van der Waals surface area contributed by atoms with Crippen LogP contribution < -0.4 is 9.64 Å². The van der Waals surface area contributed by atoms with E-state index in [1.165, 1.54) is 23.5 Å². The third-order valence-corrected chi connectivity index (χ3v) is 6.92. The van der Waals surface area contributed by atoms with Crippen molar-refractivity contribution in [2.45, 2.75) is 41.5 Å². The maximum absolute atomic E-state index is 15.3. The van der Waals surface area contributed by atoms with E-state index in [9.17, 15) is 9.18 Å². The molecule has 1 heterocycles. The Morgan fingerprint density at radius 1 is 1.31 bits per heavy atom. The van der Waals surface area contributed by atoms with Crippen LogP contribution in [0.25, 0.3) is 0 Å². The Morgan fingerprint density at radius 3 is 2.66 bits per heavy atom. The molecule has 0 fully saturated rings. The van der Waals surface area contributed by atoms with E-state index in [-0.39, 0.29) is 12.2 Å². The first-order chi connectivity index (χ1) is 15.6. The highest BCUT2D eigenvalue weighted by molar-refractivity contribution is 8.00. The second kappa shape index (κ2) is 13.5. The van der Waals surface area contributed by atoms with Crippen molar-refractivity contribution < 1.29 is 23.4 Å². The van der Waals surface area contributed by atoms with Gasteiger partial charge in [0.15, 0.2) is 17.6 Å². The molecule has 1 N–H and O–H groups in total. The van der Waals surface area contributed by atoms with Crippen molar-refractivity contribution in [3.8, 4) is 5.75 Å². The van der Waals surface area contributed by atoms with Crippen molar-refractivity contribution in [3.63, 3.8) is 0 Å². The Labute approximate surface area is 197 Å². The van der Waals surface area contributed by atoms with Gasteiger partial charge in [-0.3, -0.25) is 4.79 Å². The molecule has 174 valence electrons. The highest BCUT2D eigenvalue weighted by Gasteiger charge is 2.32. The van der Waals surface area contributed by atoms with Gasteiger partial charge in [-0.05, 0) is 36.9 Å². The number of aliphatic hydroxyl groups is 1. The first-order valence-electron chi connectivity index (χ1n) is 10.3. The Morgan fingerprint density at radius 2 is 2.03 bits per heavy atom. The number of unbranched alkanes of at least 4 members (excludes halogenated alkanes) is 1. The lowest BCUT2D eigenvalue weighted by atomic mass is 10.0. The maximum Gasteiger partial charge on any atom is 0.197 e. The van der Waals surface area contributed by atoms with Gasteiger partial charge in [0.25, 0.3) is 0 Å². The molecule has 0 amide bonds. The van der Waals surface area contributed by atoms with Crippen molar-refractivity contribution in [1.82, 2.24) is 0 Å². The molecule has 0 aromatic heterocycles. The molecule has 2 aromatic rings. The van der Waals surface area contributed by atoms with Crippen LogP contribution in [-0.2, 0) is 4.79 Å². The topological polar surface area (TPSA) is 49.8 Å². The molecule has 0 bridgehead atoms. The molecule has 8 heteroatoms. The molecular weight excluding hydrogens is 452 g/mol. The number of ether oxygens (including phenoxy) is 1. The van der Waals surface area contributed by atoms with E-state index in [0.29, 0.717) is 12.3 Å². The van der Waals surface area contributed by atoms with Crippen LogP contribution in [0, 0.1) is 5.92 Å². The number of aliphatic hydroxyl groups excluding tert-OH is 1. The summed E-state index contributed by atoms with van der Waals surface area (Å²) in [6.07, 6.45) is 5.58. The number of carbonyl (C=O) groups is 1. The molecular formula is C24H29F2NO3S2. The predicted octanol–water partition coefficient (Wildman–Crippen LogP) is 6.75. The number of benzene rings is 2. The summed E-state index contributed by atoms with van der Waals surface area (Å²) in [6.45, 7) is 2.69. The zero-order chi connectivity index (χ0) is 23.5. The van der Waals surface area contributed by atoms with Gasteiger partial charge in [0.1, 0.15) is 12.0 Å². The Kier molecular flexibility index (Phi) is 11.1. The van der Waals surface area contributed by atoms with E-state index < -0.39 is 11.3 Å². The minimum absolute atomic E-state index is 0.0873. The zero-order valence-electron chi connectivity index (χ0n) is 18.5. The number of para-hydroxylation sites is 1. The molecule has 0 radical (unpaired) electrons. The molecule has 0 aliphatic carbocycles. The molecule has 32 heavy (non-hydrogen) atoms. The fourth-order valence-electron chi connectivity index (χ4n) is 3.41. The largest absolute Gasteiger partial charge is 0.461 e. The number of rotatable bonds is 8. The number of aldehydes is 1. The van der Waals surface area contributed by atoms with E-state index in [1.54, 1.807) is 6.07 Å². The summed E-state index contributed by atoms with van der Waals surface area (Å²) in [5, 5.41) is 7.00. The van der Waals surface area contributed by atoms with E-state index in [2.05, 4.69) is 11.8 Å². The van der Waals surface area contributed by atoms with Crippen LogP contribution >= 0.6 is 23.5 Å². The lowest BCUT2D eigenvalue weighted by Crippen LogP contribution is -2.27. The quantitative estimate of drug-likeness (QED) is 0.195. The van der Waals surface area contributed by atoms with Crippen molar-refractivity contribution >= 4 is 41.2 Å². The molecule has 0 saturated carbocycles. The van der Waals surface area contributed by atoms with Crippen LogP contribution in [0.3, 0.4) is 0 Å². The molecule has 0 spiro atoms. The summed E-state index contributed by atoms with van der Waals surface area (Å²) in [4.78, 5) is 14.2. The van der Waals surface area contributed by atoms with Crippen molar-refractivity contribution in [3.05, 3.63) is 54.6 Å². The number of hydrogen-bond donors (Lipinski definition) is 1. The zero-order valence-corrected chi connectivity index (χ0v) is 20.1. The highest BCUT2D eigenvalue weighted by atomic mass is 32.2. The van der Waals surface area contributed by atoms with Gasteiger partial charge in [-0.25, -0.2) is 4.39 Å². The molecule has 0 saturated heterocycles. The predicted molar refractivity (Wildman–Crippen MR) is 129 cm³/mol. The summed E-state index contributed by atoms with van der Waals surface area (Å²) in [7, 11) is 1.00. The third-order valence-electron chi connectivity index (χ3n) is 4.97. The van der Waals surface area contributed by atoms with Crippen LogP contribution in [-0.4, -0.2) is 36.8 Å². The van der Waals surface area contributed by atoms with Crippen molar-refractivity contribution in [2.75, 3.05) is 24.8 Å². The normalized spacial score (nSPS) is 18.2. The Hall–Kier alpha value is -2.03. The van der Waals surface area contributed by atoms with Crippen LogP contribution in [0.5, 0.6) is 5.75 Å². The van der Waals surface area contributed by atoms with E-state index in [1.807, 2.05) is 42.7 Å². The molecule has 4 nitrogen and oxygen atoms in total. The Bertz CT molecular complexity index is 896. The second-order valence-electron chi connectivity index (χ2n) is 7.03. The lowest BCUT2D eigenvalue weighted by Gasteiger charge is -2.28. The average Bonchev–Trinajstić information content (AvgIpc) is 2.97. The summed E-state index contributed by atoms with van der Waals surface area (Å²) in [5.41, 5.74) is 0.853. The number of anilines is 2. The SMILES string of the molecule is CCCCC1CN(c2ccccc2)c2cc(SC)c(O/C=C(\F)C=O)cc2SC1F.CO. The van der Waals surface area contributed by atoms with Gasteiger partial charge in [0.2, 0.25) is 0 Å². The van der Waals surface area contributed by atoms with Crippen molar-refractivity contribution in [2.24, 2.45) is 5.92 Å². The van der Waals surface area contributed by atoms with Gasteiger partial charge in [-0.2, -0.15) is 4.39 Å². The maximum atomic E-state index is 15.3. The number of fused-ring (bicyclic) bond motifs is 1. The summed E-state index contributed by atoms with van der Waals surface area (Å²) < 4.78 is 33.9. The summed E-state index contributed by atoms with van der Waals surface area (Å²) in [6, 6.07) is 13.6. The minimum Gasteiger partial charge on any atom is -0.461 e. The van der Waals surface area contributed by atoms with Gasteiger partial charge in [0, 0.05) is 30.2 Å². The number of thioether (sulfide) groups is 2. The molecule has 1 aliphatic heterocycles. The van der Waals surface area contributed by atoms with Gasteiger partial charge >= 0.3 is 0 Å². The fourth-order valence-corrected chi connectivity index (χ4v) is 5.07. The smallest absolute Gasteiger partial charge is 0.197 e. The van der Waals surface area contributed by atoms with Crippen LogP contribution in [0.15, 0.2) is 64.3 Å². The molecule has 3 rings (SSSR count). The number of carbonyl (C=O) groups excluding carboxylic acids is 1. The van der Waals surface area contributed by atoms with E-state index in [0.717, 1.165) is 53.8 Å². The number of hydrogen-bond acceptors (Lipinski definition) is 6.